The van der Waals surface area contributed by atoms with Crippen molar-refractivity contribution in [3.8, 4) is 0 Å². The summed E-state index contributed by atoms with van der Waals surface area (Å²) in [7, 11) is 0. The van der Waals surface area contributed by atoms with Gasteiger partial charge in [0.15, 0.2) is 5.17 Å². The Kier molecular flexibility index (Phi) is 8.29. The highest BCUT2D eigenvalue weighted by Gasteiger charge is 2.42. The molecule has 1 fully saturated rings. The van der Waals surface area contributed by atoms with E-state index in [9.17, 15) is 14.4 Å². The Hall–Kier alpha value is -4.44. The van der Waals surface area contributed by atoms with Crippen molar-refractivity contribution in [3.05, 3.63) is 90.0 Å². The van der Waals surface area contributed by atoms with E-state index in [1.807, 2.05) is 71.6 Å². The average Bonchev–Trinajstić information content (AvgIpc) is 3.36. The summed E-state index contributed by atoms with van der Waals surface area (Å²) in [5, 5.41) is 3.31. The molecule has 6 rings (SSSR count). The Morgan fingerprint density at radius 1 is 0.930 bits per heavy atom. The second kappa shape index (κ2) is 12.4. The highest BCUT2D eigenvalue weighted by atomic mass is 32.2. The van der Waals surface area contributed by atoms with E-state index in [4.69, 9.17) is 9.98 Å². The van der Waals surface area contributed by atoms with Crippen molar-refractivity contribution in [1.82, 2.24) is 9.80 Å². The standard InChI is InChI=1S/C33H34N6O3S/c1-22(2)23-12-14-24(15-13-23)34-29(40)21-43-33-36-27-11-7-6-10-26(27)31-35-28(32(42)39(31)33)20-30(41)38-18-16-37(17-19-38)25-8-4-3-5-9-25/h3-15,22,28H,16-21H2,1-2H3,(H,34,40). The molecule has 3 aromatic carbocycles. The molecule has 3 heterocycles. The molecule has 0 aromatic heterocycles. The first-order valence-electron chi connectivity index (χ1n) is 14.6. The fourth-order valence-corrected chi connectivity index (χ4v) is 6.26. The van der Waals surface area contributed by atoms with Gasteiger partial charge in [-0.25, -0.2) is 9.89 Å². The molecule has 3 aliphatic rings. The quantitative estimate of drug-likeness (QED) is 0.421. The monoisotopic (exact) mass is 594 g/mol. The zero-order valence-electron chi connectivity index (χ0n) is 24.3. The normalized spacial score (nSPS) is 17.8. The van der Waals surface area contributed by atoms with Gasteiger partial charge in [-0.3, -0.25) is 19.4 Å². The maximum absolute atomic E-state index is 13.7. The van der Waals surface area contributed by atoms with Gasteiger partial charge in [0, 0.05) is 43.1 Å². The smallest absolute Gasteiger partial charge is 0.259 e. The number of hydrogen-bond acceptors (Lipinski definition) is 7. The summed E-state index contributed by atoms with van der Waals surface area (Å²) in [5.74, 6) is 0.378. The first-order chi connectivity index (χ1) is 20.9. The topological polar surface area (TPSA) is 97.7 Å². The number of amidine groups is 2. The fourth-order valence-electron chi connectivity index (χ4n) is 5.46. The van der Waals surface area contributed by atoms with Gasteiger partial charge in [-0.1, -0.05) is 68.1 Å². The minimum Gasteiger partial charge on any atom is -0.368 e. The van der Waals surface area contributed by atoms with Crippen LogP contribution >= 0.6 is 11.8 Å². The lowest BCUT2D eigenvalue weighted by molar-refractivity contribution is -0.135. The van der Waals surface area contributed by atoms with Crippen LogP contribution < -0.4 is 10.2 Å². The van der Waals surface area contributed by atoms with E-state index < -0.39 is 6.04 Å². The first-order valence-corrected chi connectivity index (χ1v) is 15.6. The molecule has 3 amide bonds. The number of amides is 3. The molecule has 0 bridgehead atoms. The SMILES string of the molecule is CC(C)c1ccc(NC(=O)CSC2=Nc3ccccc3C3=NC(CC(=O)N4CCN(c5ccccc5)CC4)C(=O)N23)cc1. The third-order valence-electron chi connectivity index (χ3n) is 7.86. The largest absolute Gasteiger partial charge is 0.368 e. The number of nitrogens with one attached hydrogen (secondary N) is 1. The number of anilines is 2. The lowest BCUT2D eigenvalue weighted by Crippen LogP contribution is -2.49. The van der Waals surface area contributed by atoms with Crippen LogP contribution in [0.3, 0.4) is 0 Å². The van der Waals surface area contributed by atoms with Crippen molar-refractivity contribution in [3.63, 3.8) is 0 Å². The third kappa shape index (κ3) is 6.19. The van der Waals surface area contributed by atoms with Gasteiger partial charge in [-0.05, 0) is 47.9 Å². The Morgan fingerprint density at radius 3 is 2.35 bits per heavy atom. The molecule has 43 heavy (non-hydrogen) atoms. The van der Waals surface area contributed by atoms with Gasteiger partial charge in [0.05, 0.1) is 17.9 Å². The van der Waals surface area contributed by atoms with Crippen LogP contribution in [-0.4, -0.2) is 76.5 Å². The number of para-hydroxylation sites is 2. The fraction of sp³-hybridized carbons (Fsp3) is 0.303. The maximum atomic E-state index is 13.7. The first kappa shape index (κ1) is 28.7. The molecular formula is C33H34N6O3S. The summed E-state index contributed by atoms with van der Waals surface area (Å²) in [6.07, 6.45) is -0.00283. The number of aliphatic imine (C=N–C) groups is 2. The van der Waals surface area contributed by atoms with Gasteiger partial charge in [-0.15, -0.1) is 0 Å². The number of carbonyl (C=O) groups excluding carboxylic acids is 3. The van der Waals surface area contributed by atoms with Gasteiger partial charge in [0.1, 0.15) is 11.9 Å². The maximum Gasteiger partial charge on any atom is 0.259 e. The van der Waals surface area contributed by atoms with E-state index in [0.29, 0.717) is 41.4 Å². The van der Waals surface area contributed by atoms with Crippen molar-refractivity contribution in [2.75, 3.05) is 42.1 Å². The molecule has 0 spiro atoms. The number of nitrogens with zero attached hydrogens (tertiary/aromatic N) is 5. The van der Waals surface area contributed by atoms with Crippen LogP contribution in [0.15, 0.2) is 88.8 Å². The van der Waals surface area contributed by atoms with Gasteiger partial charge >= 0.3 is 0 Å². The van der Waals surface area contributed by atoms with Crippen LogP contribution in [0.5, 0.6) is 0 Å². The molecule has 1 saturated heterocycles. The Labute approximate surface area is 255 Å². The minimum absolute atomic E-state index is 0.00283. The van der Waals surface area contributed by atoms with Crippen LogP contribution in [0.2, 0.25) is 0 Å². The summed E-state index contributed by atoms with van der Waals surface area (Å²) in [5.41, 5.74) is 4.48. The number of fused-ring (bicyclic) bond motifs is 3. The van der Waals surface area contributed by atoms with E-state index in [1.54, 1.807) is 0 Å². The molecule has 1 N–H and O–H groups in total. The predicted octanol–water partition coefficient (Wildman–Crippen LogP) is 4.88. The van der Waals surface area contributed by atoms with E-state index in [-0.39, 0.29) is 29.9 Å². The molecule has 1 atom stereocenters. The summed E-state index contributed by atoms with van der Waals surface area (Å²) in [6, 6.07) is 24.6. The van der Waals surface area contributed by atoms with Gasteiger partial charge in [0.2, 0.25) is 11.8 Å². The molecule has 3 aliphatic heterocycles. The molecule has 0 aliphatic carbocycles. The second-order valence-corrected chi connectivity index (χ2v) is 12.0. The highest BCUT2D eigenvalue weighted by Crippen LogP contribution is 2.34. The van der Waals surface area contributed by atoms with Gasteiger partial charge < -0.3 is 15.1 Å². The Balaban J connectivity index is 1.11. The van der Waals surface area contributed by atoms with Crippen LogP contribution in [0.1, 0.15) is 37.3 Å². The highest BCUT2D eigenvalue weighted by molar-refractivity contribution is 8.14. The minimum atomic E-state index is -0.833. The lowest BCUT2D eigenvalue weighted by atomic mass is 10.0. The zero-order valence-corrected chi connectivity index (χ0v) is 25.1. The molecule has 9 nitrogen and oxygen atoms in total. The van der Waals surface area contributed by atoms with Crippen LogP contribution in [0.25, 0.3) is 0 Å². The van der Waals surface area contributed by atoms with E-state index in [0.717, 1.165) is 24.3 Å². The number of rotatable bonds is 7. The molecular weight excluding hydrogens is 560 g/mol. The van der Waals surface area contributed by atoms with Crippen molar-refractivity contribution in [2.45, 2.75) is 32.2 Å². The number of benzene rings is 3. The zero-order chi connectivity index (χ0) is 29.9. The third-order valence-corrected chi connectivity index (χ3v) is 8.80. The molecule has 0 radical (unpaired) electrons. The van der Waals surface area contributed by atoms with Gasteiger partial charge in [-0.2, -0.15) is 0 Å². The van der Waals surface area contributed by atoms with Crippen molar-refractivity contribution < 1.29 is 14.4 Å². The number of piperazine rings is 1. The number of hydrogen-bond donors (Lipinski definition) is 1. The van der Waals surface area contributed by atoms with Crippen LogP contribution in [0, 0.1) is 0 Å². The number of thioether (sulfide) groups is 1. The van der Waals surface area contributed by atoms with Crippen molar-refractivity contribution in [2.24, 2.45) is 9.98 Å². The lowest BCUT2D eigenvalue weighted by Gasteiger charge is -2.36. The van der Waals surface area contributed by atoms with E-state index in [2.05, 4.69) is 36.2 Å². The Bertz CT molecular complexity index is 1580. The van der Waals surface area contributed by atoms with Crippen LogP contribution in [0.4, 0.5) is 17.1 Å². The molecule has 10 heteroatoms. The molecule has 220 valence electrons. The van der Waals surface area contributed by atoms with Crippen molar-refractivity contribution >= 4 is 57.5 Å². The molecule has 1 unspecified atom stereocenters. The average molecular weight is 595 g/mol. The summed E-state index contributed by atoms with van der Waals surface area (Å²) in [4.78, 5) is 54.8. The summed E-state index contributed by atoms with van der Waals surface area (Å²) >= 11 is 1.19. The Morgan fingerprint density at radius 2 is 1.63 bits per heavy atom. The van der Waals surface area contributed by atoms with E-state index >= 15 is 0 Å². The second-order valence-electron chi connectivity index (χ2n) is 11.1. The van der Waals surface area contributed by atoms with E-state index in [1.165, 1.54) is 22.2 Å². The van der Waals surface area contributed by atoms with Gasteiger partial charge in [0.25, 0.3) is 5.91 Å². The molecule has 0 saturated carbocycles. The predicted molar refractivity (Wildman–Crippen MR) is 172 cm³/mol. The van der Waals surface area contributed by atoms with Crippen LogP contribution in [-0.2, 0) is 14.4 Å². The van der Waals surface area contributed by atoms with Crippen molar-refractivity contribution in [1.29, 1.82) is 0 Å². The molecule has 3 aromatic rings. The number of carbonyl (C=O) groups is 3. The summed E-state index contributed by atoms with van der Waals surface area (Å²) in [6.45, 7) is 6.90. The summed E-state index contributed by atoms with van der Waals surface area (Å²) < 4.78 is 0.